The van der Waals surface area contributed by atoms with Crippen LogP contribution in [0.3, 0.4) is 0 Å². The number of rotatable bonds is 6. The van der Waals surface area contributed by atoms with Gasteiger partial charge in [0.05, 0.1) is 11.5 Å². The Balaban J connectivity index is 2.12. The highest BCUT2D eigenvalue weighted by molar-refractivity contribution is 5.95. The molecule has 21 heavy (non-hydrogen) atoms. The minimum absolute atomic E-state index is 0.176. The Kier molecular flexibility index (Phi) is 5.10. The molecule has 0 aromatic heterocycles. The molecule has 1 amide bonds. The van der Waals surface area contributed by atoms with Crippen LogP contribution >= 0.6 is 0 Å². The number of amides is 1. The number of carbonyl (C=O) groups excluding carboxylic acids is 1. The third kappa shape index (κ3) is 3.91. The zero-order valence-electron chi connectivity index (χ0n) is 11.9. The Morgan fingerprint density at radius 2 is 2.38 bits per heavy atom. The van der Waals surface area contributed by atoms with Crippen LogP contribution in [0.5, 0.6) is 5.75 Å². The summed E-state index contributed by atoms with van der Waals surface area (Å²) in [4.78, 5) is 22.3. The fourth-order valence-corrected chi connectivity index (χ4v) is 2.25. The summed E-state index contributed by atoms with van der Waals surface area (Å²) < 4.78 is 5.56. The number of hydrogen-bond acceptors (Lipinski definition) is 5. The average Bonchev–Trinajstić information content (AvgIpc) is 2.98. The van der Waals surface area contributed by atoms with Crippen molar-refractivity contribution < 1.29 is 14.5 Å². The molecule has 1 aliphatic rings. The molecule has 1 unspecified atom stereocenters. The summed E-state index contributed by atoms with van der Waals surface area (Å²) in [5.74, 6) is 0.250. The molecule has 0 saturated carbocycles. The van der Waals surface area contributed by atoms with E-state index in [0.717, 1.165) is 19.5 Å². The van der Waals surface area contributed by atoms with Crippen LogP contribution in [0, 0.1) is 16.0 Å². The van der Waals surface area contributed by atoms with Crippen molar-refractivity contribution in [2.24, 2.45) is 5.92 Å². The van der Waals surface area contributed by atoms with Crippen molar-refractivity contribution in [1.82, 2.24) is 10.6 Å². The highest BCUT2D eigenvalue weighted by Crippen LogP contribution is 2.28. The largest absolute Gasteiger partial charge is 0.486 e. The molecule has 1 aromatic carbocycles. The fourth-order valence-electron chi connectivity index (χ4n) is 2.25. The van der Waals surface area contributed by atoms with E-state index in [1.54, 1.807) is 13.0 Å². The molecule has 114 valence electrons. The van der Waals surface area contributed by atoms with Gasteiger partial charge in [0.15, 0.2) is 5.75 Å². The van der Waals surface area contributed by atoms with Gasteiger partial charge in [-0.2, -0.15) is 0 Å². The van der Waals surface area contributed by atoms with Gasteiger partial charge in [-0.05, 0) is 32.0 Å². The second kappa shape index (κ2) is 7.03. The fraction of sp³-hybridized carbons (Fsp3) is 0.500. The molecule has 1 saturated heterocycles. The molecular weight excluding hydrogens is 274 g/mol. The van der Waals surface area contributed by atoms with Gasteiger partial charge in [-0.25, -0.2) is 0 Å². The van der Waals surface area contributed by atoms with E-state index in [9.17, 15) is 14.9 Å². The topological polar surface area (TPSA) is 93.5 Å². The predicted octanol–water partition coefficient (Wildman–Crippen LogP) is 1.33. The molecule has 1 heterocycles. The van der Waals surface area contributed by atoms with Gasteiger partial charge >= 0.3 is 5.69 Å². The first-order valence-electron chi connectivity index (χ1n) is 7.02. The van der Waals surface area contributed by atoms with Gasteiger partial charge in [0.2, 0.25) is 0 Å². The maximum Gasteiger partial charge on any atom is 0.311 e. The number of ether oxygens (including phenoxy) is 1. The van der Waals surface area contributed by atoms with Crippen LogP contribution < -0.4 is 15.4 Å². The van der Waals surface area contributed by atoms with Crippen molar-refractivity contribution >= 4 is 11.6 Å². The lowest BCUT2D eigenvalue weighted by Crippen LogP contribution is -2.22. The highest BCUT2D eigenvalue weighted by Gasteiger charge is 2.21. The first-order chi connectivity index (χ1) is 10.1. The van der Waals surface area contributed by atoms with Crippen molar-refractivity contribution in [1.29, 1.82) is 0 Å². The lowest BCUT2D eigenvalue weighted by Gasteiger charge is -2.11. The number of hydrogen-bond donors (Lipinski definition) is 2. The molecule has 7 heteroatoms. The molecule has 2 rings (SSSR count). The number of nitrogens with zero attached hydrogens (tertiary/aromatic N) is 1. The second-order valence-electron chi connectivity index (χ2n) is 4.97. The first kappa shape index (κ1) is 15.2. The summed E-state index contributed by atoms with van der Waals surface area (Å²) in [5, 5.41) is 17.0. The third-order valence-electron chi connectivity index (χ3n) is 3.39. The van der Waals surface area contributed by atoms with E-state index in [1.807, 2.05) is 0 Å². The normalized spacial score (nSPS) is 17.5. The Morgan fingerprint density at radius 3 is 3.00 bits per heavy atom. The summed E-state index contributed by atoms with van der Waals surface area (Å²) in [6.45, 7) is 4.52. The molecule has 2 N–H and O–H groups in total. The molecule has 1 atom stereocenters. The van der Waals surface area contributed by atoms with Crippen molar-refractivity contribution in [2.45, 2.75) is 13.3 Å². The maximum atomic E-state index is 11.7. The average molecular weight is 293 g/mol. The van der Waals surface area contributed by atoms with Crippen LogP contribution in [-0.2, 0) is 0 Å². The minimum atomic E-state index is -0.523. The van der Waals surface area contributed by atoms with Gasteiger partial charge in [0.1, 0.15) is 0 Å². The third-order valence-corrected chi connectivity index (χ3v) is 3.39. The minimum Gasteiger partial charge on any atom is -0.486 e. The zero-order valence-corrected chi connectivity index (χ0v) is 11.9. The molecular formula is C14H19N3O4. The van der Waals surface area contributed by atoms with Gasteiger partial charge in [-0.15, -0.1) is 0 Å². The van der Waals surface area contributed by atoms with Crippen molar-refractivity contribution in [3.63, 3.8) is 0 Å². The maximum absolute atomic E-state index is 11.7. The van der Waals surface area contributed by atoms with E-state index >= 15 is 0 Å². The molecule has 7 nitrogen and oxygen atoms in total. The standard InChI is InChI=1S/C14H19N3O4/c1-2-16-14(18)11-3-4-13(12(7-11)17(19)20)21-9-10-5-6-15-8-10/h3-4,7,10,15H,2,5-6,8-9H2,1H3,(H,16,18). The van der Waals surface area contributed by atoms with Gasteiger partial charge in [-0.1, -0.05) is 0 Å². The summed E-state index contributed by atoms with van der Waals surface area (Å²) in [6, 6.07) is 4.29. The smallest absolute Gasteiger partial charge is 0.311 e. The summed E-state index contributed by atoms with van der Waals surface area (Å²) in [5.41, 5.74) is 0.0862. The first-order valence-corrected chi connectivity index (χ1v) is 7.02. The van der Waals surface area contributed by atoms with Crippen LogP contribution in [0.2, 0.25) is 0 Å². The molecule has 0 bridgehead atoms. The quantitative estimate of drug-likeness (QED) is 0.609. The van der Waals surface area contributed by atoms with Crippen LogP contribution in [0.1, 0.15) is 23.7 Å². The van der Waals surface area contributed by atoms with E-state index in [1.165, 1.54) is 12.1 Å². The molecule has 1 aromatic rings. The van der Waals surface area contributed by atoms with E-state index in [0.29, 0.717) is 19.1 Å². The lowest BCUT2D eigenvalue weighted by atomic mass is 10.1. The van der Waals surface area contributed by atoms with Crippen LogP contribution in [0.4, 0.5) is 5.69 Å². The monoisotopic (exact) mass is 293 g/mol. The predicted molar refractivity (Wildman–Crippen MR) is 77.6 cm³/mol. The van der Waals surface area contributed by atoms with Gasteiger partial charge < -0.3 is 15.4 Å². The second-order valence-corrected chi connectivity index (χ2v) is 4.97. The molecule has 0 radical (unpaired) electrons. The SMILES string of the molecule is CCNC(=O)c1ccc(OCC2CCNC2)c([N+](=O)[O-])c1. The number of benzene rings is 1. The lowest BCUT2D eigenvalue weighted by molar-refractivity contribution is -0.385. The Bertz CT molecular complexity index is 527. The van der Waals surface area contributed by atoms with E-state index in [2.05, 4.69) is 10.6 Å². The van der Waals surface area contributed by atoms with Crippen molar-refractivity contribution in [3.8, 4) is 5.75 Å². The number of nitrogens with one attached hydrogen (secondary N) is 2. The Hall–Kier alpha value is -2.15. The summed E-state index contributed by atoms with van der Waals surface area (Å²) >= 11 is 0. The zero-order chi connectivity index (χ0) is 15.2. The molecule has 1 aliphatic heterocycles. The van der Waals surface area contributed by atoms with Crippen molar-refractivity contribution in [3.05, 3.63) is 33.9 Å². The number of nitro benzene ring substituents is 1. The van der Waals surface area contributed by atoms with Crippen molar-refractivity contribution in [2.75, 3.05) is 26.2 Å². The van der Waals surface area contributed by atoms with Crippen LogP contribution in [-0.4, -0.2) is 37.1 Å². The van der Waals surface area contributed by atoms with E-state index in [4.69, 9.17) is 4.74 Å². The van der Waals surface area contributed by atoms with E-state index < -0.39 is 4.92 Å². The molecule has 0 spiro atoms. The van der Waals surface area contributed by atoms with Gasteiger partial charge in [0.25, 0.3) is 5.91 Å². The van der Waals surface area contributed by atoms with Crippen LogP contribution in [0.15, 0.2) is 18.2 Å². The van der Waals surface area contributed by atoms with Crippen LogP contribution in [0.25, 0.3) is 0 Å². The van der Waals surface area contributed by atoms with Gasteiger partial charge in [-0.3, -0.25) is 14.9 Å². The number of carbonyl (C=O) groups is 1. The number of nitro groups is 1. The van der Waals surface area contributed by atoms with Gasteiger partial charge in [0, 0.05) is 30.6 Å². The molecule has 0 aliphatic carbocycles. The highest BCUT2D eigenvalue weighted by atomic mass is 16.6. The van der Waals surface area contributed by atoms with E-state index in [-0.39, 0.29) is 22.9 Å². The summed E-state index contributed by atoms with van der Waals surface area (Å²) in [7, 11) is 0. The molecule has 1 fully saturated rings. The Labute approximate surface area is 122 Å². The Morgan fingerprint density at radius 1 is 1.57 bits per heavy atom. The summed E-state index contributed by atoms with van der Waals surface area (Å²) in [6.07, 6.45) is 1.00.